The first-order valence-corrected chi connectivity index (χ1v) is 7.97. The van der Waals surface area contributed by atoms with E-state index >= 15 is 0 Å². The van der Waals surface area contributed by atoms with Crippen molar-refractivity contribution in [2.75, 3.05) is 26.2 Å². The zero-order chi connectivity index (χ0) is 13.7. The maximum atomic E-state index is 5.85. The van der Waals surface area contributed by atoms with Crippen LogP contribution < -0.4 is 5.32 Å². The molecule has 0 aromatic carbocycles. The minimum atomic E-state index is 0.122. The normalized spacial score (nSPS) is 23.6. The zero-order valence-corrected chi connectivity index (χ0v) is 12.9. The van der Waals surface area contributed by atoms with Gasteiger partial charge in [-0.3, -0.25) is 4.90 Å². The number of likely N-dealkylation sites (tertiary alicyclic amines) is 1. The Kier molecular flexibility index (Phi) is 5.28. The van der Waals surface area contributed by atoms with E-state index < -0.39 is 0 Å². The van der Waals surface area contributed by atoms with Gasteiger partial charge in [0.1, 0.15) is 5.76 Å². The van der Waals surface area contributed by atoms with Gasteiger partial charge in [0.05, 0.1) is 12.6 Å². The second-order valence-corrected chi connectivity index (χ2v) is 6.29. The van der Waals surface area contributed by atoms with E-state index in [2.05, 4.69) is 37.1 Å². The van der Waals surface area contributed by atoms with Crippen LogP contribution in [0, 0.1) is 0 Å². The average molecular weight is 266 g/mol. The Morgan fingerprint density at radius 2 is 1.95 bits per heavy atom. The van der Waals surface area contributed by atoms with E-state index in [1.165, 1.54) is 38.8 Å². The van der Waals surface area contributed by atoms with Crippen molar-refractivity contribution in [3.63, 3.8) is 0 Å². The molecule has 0 spiro atoms. The maximum absolute atomic E-state index is 5.85. The summed E-state index contributed by atoms with van der Waals surface area (Å²) in [4.78, 5) is 2.66. The van der Waals surface area contributed by atoms with E-state index in [0.717, 1.165) is 25.3 Å². The molecule has 1 fully saturated rings. The standard InChI is InChI=1S/C16H30N2O/c1-4-17-15(14-10-9-13-19-14)16(2,3)18-11-7-5-6-8-12-18/h10,15,17H,4-9,11-13H2,1-3H3. The van der Waals surface area contributed by atoms with Crippen molar-refractivity contribution in [2.24, 2.45) is 0 Å². The highest BCUT2D eigenvalue weighted by Gasteiger charge is 2.38. The number of nitrogens with one attached hydrogen (secondary N) is 1. The Labute approximate surface area is 118 Å². The molecule has 0 aliphatic carbocycles. The first-order valence-electron chi connectivity index (χ1n) is 7.97. The molecule has 1 N–H and O–H groups in total. The minimum Gasteiger partial charge on any atom is -0.496 e. The quantitative estimate of drug-likeness (QED) is 0.828. The van der Waals surface area contributed by atoms with Gasteiger partial charge in [0, 0.05) is 12.0 Å². The summed E-state index contributed by atoms with van der Waals surface area (Å²) >= 11 is 0. The van der Waals surface area contributed by atoms with E-state index in [4.69, 9.17) is 4.74 Å². The monoisotopic (exact) mass is 266 g/mol. The summed E-state index contributed by atoms with van der Waals surface area (Å²) in [7, 11) is 0. The van der Waals surface area contributed by atoms with Crippen molar-refractivity contribution in [1.29, 1.82) is 0 Å². The number of hydrogen-bond donors (Lipinski definition) is 1. The van der Waals surface area contributed by atoms with Crippen LogP contribution in [0.25, 0.3) is 0 Å². The maximum Gasteiger partial charge on any atom is 0.111 e. The van der Waals surface area contributed by atoms with Crippen molar-refractivity contribution in [1.82, 2.24) is 10.2 Å². The molecule has 19 heavy (non-hydrogen) atoms. The lowest BCUT2D eigenvalue weighted by atomic mass is 9.90. The second kappa shape index (κ2) is 6.76. The van der Waals surface area contributed by atoms with Crippen molar-refractivity contribution in [2.45, 2.75) is 64.5 Å². The van der Waals surface area contributed by atoms with Gasteiger partial charge < -0.3 is 10.1 Å². The number of hydrogen-bond acceptors (Lipinski definition) is 3. The molecular formula is C16H30N2O. The van der Waals surface area contributed by atoms with Gasteiger partial charge in [-0.15, -0.1) is 0 Å². The van der Waals surface area contributed by atoms with Gasteiger partial charge in [0.15, 0.2) is 0 Å². The highest BCUT2D eigenvalue weighted by atomic mass is 16.5. The first-order chi connectivity index (χ1) is 9.16. The molecule has 2 aliphatic rings. The van der Waals surface area contributed by atoms with Crippen LogP contribution in [0.1, 0.15) is 52.9 Å². The molecule has 1 saturated heterocycles. The van der Waals surface area contributed by atoms with Crippen LogP contribution in [0.3, 0.4) is 0 Å². The molecule has 0 aromatic rings. The Morgan fingerprint density at radius 3 is 2.47 bits per heavy atom. The van der Waals surface area contributed by atoms with E-state index in [9.17, 15) is 0 Å². The first kappa shape index (κ1) is 14.9. The molecule has 1 atom stereocenters. The lowest BCUT2D eigenvalue weighted by Gasteiger charge is -2.44. The predicted molar refractivity (Wildman–Crippen MR) is 80.2 cm³/mol. The number of likely N-dealkylation sites (N-methyl/N-ethyl adjacent to an activating group) is 1. The fourth-order valence-corrected chi connectivity index (χ4v) is 3.37. The fourth-order valence-electron chi connectivity index (χ4n) is 3.37. The number of ether oxygens (including phenoxy) is 1. The number of nitrogens with zero attached hydrogens (tertiary/aromatic N) is 1. The highest BCUT2D eigenvalue weighted by Crippen LogP contribution is 2.29. The Hall–Kier alpha value is -0.540. The van der Waals surface area contributed by atoms with Gasteiger partial charge in [0.2, 0.25) is 0 Å². The van der Waals surface area contributed by atoms with Crippen LogP contribution in [-0.4, -0.2) is 42.7 Å². The molecule has 0 amide bonds. The Balaban J connectivity index is 2.12. The van der Waals surface area contributed by atoms with Gasteiger partial charge in [-0.25, -0.2) is 0 Å². The van der Waals surface area contributed by atoms with Crippen molar-refractivity contribution in [3.05, 3.63) is 11.8 Å². The highest BCUT2D eigenvalue weighted by molar-refractivity contribution is 5.15. The molecule has 2 aliphatic heterocycles. The molecule has 2 heterocycles. The summed E-state index contributed by atoms with van der Waals surface area (Å²) < 4.78 is 5.85. The molecule has 1 unspecified atom stereocenters. The molecule has 2 rings (SSSR count). The molecular weight excluding hydrogens is 236 g/mol. The third-order valence-corrected chi connectivity index (χ3v) is 4.55. The third kappa shape index (κ3) is 3.51. The minimum absolute atomic E-state index is 0.122. The van der Waals surface area contributed by atoms with Crippen molar-refractivity contribution >= 4 is 0 Å². The van der Waals surface area contributed by atoms with E-state index in [1.807, 2.05) is 0 Å². The lowest BCUT2D eigenvalue weighted by Crippen LogP contribution is -2.58. The van der Waals surface area contributed by atoms with Gasteiger partial charge in [-0.2, -0.15) is 0 Å². The van der Waals surface area contributed by atoms with Crippen LogP contribution in [0.5, 0.6) is 0 Å². The van der Waals surface area contributed by atoms with E-state index in [-0.39, 0.29) is 5.54 Å². The van der Waals surface area contributed by atoms with E-state index in [0.29, 0.717) is 6.04 Å². The smallest absolute Gasteiger partial charge is 0.111 e. The third-order valence-electron chi connectivity index (χ3n) is 4.55. The fraction of sp³-hybridized carbons (Fsp3) is 0.875. The summed E-state index contributed by atoms with van der Waals surface area (Å²) in [6.45, 7) is 11.2. The van der Waals surface area contributed by atoms with Gasteiger partial charge in [-0.1, -0.05) is 19.8 Å². The molecule has 0 saturated carbocycles. The largest absolute Gasteiger partial charge is 0.496 e. The van der Waals surface area contributed by atoms with Gasteiger partial charge >= 0.3 is 0 Å². The SMILES string of the molecule is CCNC(C1=CCCO1)C(C)(C)N1CCCCCC1. The zero-order valence-electron chi connectivity index (χ0n) is 12.9. The van der Waals surface area contributed by atoms with Crippen LogP contribution in [0.2, 0.25) is 0 Å². The molecule has 0 bridgehead atoms. The molecule has 3 heteroatoms. The van der Waals surface area contributed by atoms with Crippen molar-refractivity contribution < 1.29 is 4.74 Å². The van der Waals surface area contributed by atoms with Gasteiger partial charge in [0.25, 0.3) is 0 Å². The van der Waals surface area contributed by atoms with Crippen LogP contribution >= 0.6 is 0 Å². The summed E-state index contributed by atoms with van der Waals surface area (Å²) in [5.41, 5.74) is 0.122. The molecule has 3 nitrogen and oxygen atoms in total. The van der Waals surface area contributed by atoms with Gasteiger partial charge in [-0.05, 0) is 52.4 Å². The van der Waals surface area contributed by atoms with Crippen molar-refractivity contribution in [3.8, 4) is 0 Å². The average Bonchev–Trinajstić information content (AvgIpc) is 2.76. The van der Waals surface area contributed by atoms with Crippen LogP contribution in [0.4, 0.5) is 0 Å². The summed E-state index contributed by atoms with van der Waals surface area (Å²) in [6, 6.07) is 0.318. The Bertz CT molecular complexity index is 304. The predicted octanol–water partition coefficient (Wildman–Crippen LogP) is 2.92. The number of rotatable bonds is 5. The summed E-state index contributed by atoms with van der Waals surface area (Å²) in [5, 5.41) is 3.65. The van der Waals surface area contributed by atoms with Crippen LogP contribution in [0.15, 0.2) is 11.8 Å². The lowest BCUT2D eigenvalue weighted by molar-refractivity contribution is 0.0707. The molecule has 0 aromatic heterocycles. The summed E-state index contributed by atoms with van der Waals surface area (Å²) in [6.07, 6.45) is 8.78. The summed E-state index contributed by atoms with van der Waals surface area (Å²) in [5.74, 6) is 1.16. The second-order valence-electron chi connectivity index (χ2n) is 6.29. The molecule has 110 valence electrons. The topological polar surface area (TPSA) is 24.5 Å². The van der Waals surface area contributed by atoms with Crippen LogP contribution in [-0.2, 0) is 4.74 Å². The van der Waals surface area contributed by atoms with E-state index in [1.54, 1.807) is 0 Å². The Morgan fingerprint density at radius 1 is 1.26 bits per heavy atom. The molecule has 0 radical (unpaired) electrons.